The van der Waals surface area contributed by atoms with Gasteiger partial charge in [0.15, 0.2) is 5.96 Å². The molecule has 0 aliphatic carbocycles. The number of aromatic nitrogens is 2. The van der Waals surface area contributed by atoms with Crippen molar-refractivity contribution in [3.05, 3.63) is 34.9 Å². The van der Waals surface area contributed by atoms with Crippen molar-refractivity contribution in [2.75, 3.05) is 37.3 Å². The van der Waals surface area contributed by atoms with Crippen molar-refractivity contribution in [2.45, 2.75) is 23.2 Å². The van der Waals surface area contributed by atoms with Crippen LogP contribution in [-0.2, 0) is 0 Å². The smallest absolute Gasteiger partial charge is 0.191 e. The first-order chi connectivity index (χ1) is 12.8. The molecule has 2 N–H and O–H groups in total. The molecule has 26 heavy (non-hydrogen) atoms. The molecule has 0 spiro atoms. The van der Waals surface area contributed by atoms with E-state index in [0.717, 1.165) is 54.3 Å². The Morgan fingerprint density at radius 2 is 2.38 bits per heavy atom. The van der Waals surface area contributed by atoms with E-state index >= 15 is 0 Å². The van der Waals surface area contributed by atoms with Crippen LogP contribution >= 0.6 is 34.7 Å². The molecule has 1 aliphatic rings. The monoisotopic (exact) mass is 410 g/mol. The van der Waals surface area contributed by atoms with Crippen molar-refractivity contribution in [2.24, 2.45) is 4.99 Å². The van der Waals surface area contributed by atoms with Crippen LogP contribution in [0.4, 0.5) is 5.82 Å². The van der Waals surface area contributed by atoms with Gasteiger partial charge in [-0.2, -0.15) is 0 Å². The van der Waals surface area contributed by atoms with Crippen molar-refractivity contribution < 1.29 is 0 Å². The average Bonchev–Trinajstić information content (AvgIpc) is 3.33. The number of anilines is 1. The predicted octanol–water partition coefficient (Wildman–Crippen LogP) is 3.12. The predicted molar refractivity (Wildman–Crippen MR) is 112 cm³/mol. The van der Waals surface area contributed by atoms with Gasteiger partial charge in [-0.25, -0.2) is 9.97 Å². The molecule has 140 valence electrons. The number of halogens is 1. The Morgan fingerprint density at radius 1 is 1.46 bits per heavy atom. The van der Waals surface area contributed by atoms with Gasteiger partial charge in [-0.1, -0.05) is 23.4 Å². The van der Waals surface area contributed by atoms with Gasteiger partial charge in [0, 0.05) is 56.3 Å². The van der Waals surface area contributed by atoms with Crippen LogP contribution in [-0.4, -0.2) is 54.4 Å². The highest BCUT2D eigenvalue weighted by Crippen LogP contribution is 2.25. The Labute approximate surface area is 167 Å². The van der Waals surface area contributed by atoms with E-state index in [1.165, 1.54) is 0 Å². The van der Waals surface area contributed by atoms with E-state index in [2.05, 4.69) is 30.5 Å². The number of nitrogens with one attached hydrogen (secondary N) is 2. The number of nitrogens with zero attached hydrogens (tertiary/aromatic N) is 4. The second kappa shape index (κ2) is 9.99. The minimum absolute atomic E-state index is 0.337. The van der Waals surface area contributed by atoms with Gasteiger partial charge in [-0.3, -0.25) is 4.99 Å². The van der Waals surface area contributed by atoms with Crippen molar-refractivity contribution in [3.63, 3.8) is 0 Å². The number of rotatable bonds is 7. The van der Waals surface area contributed by atoms with Gasteiger partial charge in [-0.05, 0) is 25.0 Å². The standard InChI is InChI=1S/C17H23ClN6S2/c1-19-16(21-7-3-10-25-17-22-8-11-26-17)23-13-5-9-24(12-13)15-14(18)4-2-6-20-15/h2,4,6,8,11,13H,3,5,7,9-10,12H2,1H3,(H2,19,21,23). The molecule has 3 rings (SSSR count). The highest BCUT2D eigenvalue weighted by molar-refractivity contribution is 8.00. The molecule has 0 aromatic carbocycles. The van der Waals surface area contributed by atoms with E-state index in [1.54, 1.807) is 29.3 Å². The zero-order valence-electron chi connectivity index (χ0n) is 14.7. The lowest BCUT2D eigenvalue weighted by molar-refractivity contribution is 0.647. The molecular weight excluding hydrogens is 388 g/mol. The summed E-state index contributed by atoms with van der Waals surface area (Å²) >= 11 is 9.74. The molecule has 2 aromatic heterocycles. The summed E-state index contributed by atoms with van der Waals surface area (Å²) in [5.41, 5.74) is 0. The van der Waals surface area contributed by atoms with Crippen LogP contribution in [0.25, 0.3) is 0 Å². The Kier molecular flexibility index (Phi) is 7.40. The quantitative estimate of drug-likeness (QED) is 0.316. The molecule has 0 saturated carbocycles. The summed E-state index contributed by atoms with van der Waals surface area (Å²) in [5.74, 6) is 2.76. The lowest BCUT2D eigenvalue weighted by Gasteiger charge is -2.20. The summed E-state index contributed by atoms with van der Waals surface area (Å²) in [6.07, 6.45) is 5.73. The van der Waals surface area contributed by atoms with Crippen LogP contribution in [0.3, 0.4) is 0 Å². The maximum absolute atomic E-state index is 6.25. The Hall–Kier alpha value is -1.51. The molecule has 0 radical (unpaired) electrons. The van der Waals surface area contributed by atoms with E-state index in [1.807, 2.05) is 30.8 Å². The van der Waals surface area contributed by atoms with Crippen LogP contribution in [0.2, 0.25) is 5.02 Å². The molecule has 0 bridgehead atoms. The van der Waals surface area contributed by atoms with E-state index in [4.69, 9.17) is 11.6 Å². The highest BCUT2D eigenvalue weighted by atomic mass is 35.5. The topological polar surface area (TPSA) is 65.4 Å². The molecule has 0 amide bonds. The summed E-state index contributed by atoms with van der Waals surface area (Å²) in [6.45, 7) is 2.70. The second-order valence-electron chi connectivity index (χ2n) is 5.88. The maximum atomic E-state index is 6.25. The van der Waals surface area contributed by atoms with Gasteiger partial charge in [-0.15, -0.1) is 11.3 Å². The van der Waals surface area contributed by atoms with Crippen molar-refractivity contribution in [3.8, 4) is 0 Å². The zero-order valence-corrected chi connectivity index (χ0v) is 17.1. The average molecular weight is 411 g/mol. The molecule has 3 heterocycles. The number of thiazole rings is 1. The Morgan fingerprint density at radius 3 is 3.15 bits per heavy atom. The van der Waals surface area contributed by atoms with Crippen molar-refractivity contribution >= 4 is 46.5 Å². The third kappa shape index (κ3) is 5.49. The first-order valence-corrected chi connectivity index (χ1v) is 10.9. The number of hydrogen-bond acceptors (Lipinski definition) is 6. The van der Waals surface area contributed by atoms with Crippen LogP contribution in [0.1, 0.15) is 12.8 Å². The third-order valence-corrected chi connectivity index (χ3v) is 6.39. The van der Waals surface area contributed by atoms with E-state index in [-0.39, 0.29) is 0 Å². The van der Waals surface area contributed by atoms with Gasteiger partial charge in [0.05, 0.1) is 5.02 Å². The molecule has 6 nitrogen and oxygen atoms in total. The fourth-order valence-electron chi connectivity index (χ4n) is 2.79. The minimum atomic E-state index is 0.337. The Balaban J connectivity index is 1.38. The number of guanidine groups is 1. The molecule has 1 atom stereocenters. The lowest BCUT2D eigenvalue weighted by Crippen LogP contribution is -2.45. The molecule has 2 aromatic rings. The SMILES string of the molecule is CN=C(NCCCSc1nccs1)NC1CCN(c2ncccc2Cl)C1. The summed E-state index contributed by atoms with van der Waals surface area (Å²) in [5, 5.41) is 9.60. The molecular formula is C17H23ClN6S2. The van der Waals surface area contributed by atoms with E-state index in [9.17, 15) is 0 Å². The number of pyridine rings is 1. The maximum Gasteiger partial charge on any atom is 0.191 e. The van der Waals surface area contributed by atoms with Gasteiger partial charge in [0.2, 0.25) is 0 Å². The highest BCUT2D eigenvalue weighted by Gasteiger charge is 2.25. The normalized spacial score (nSPS) is 17.5. The van der Waals surface area contributed by atoms with Gasteiger partial charge >= 0.3 is 0 Å². The first-order valence-electron chi connectivity index (χ1n) is 8.61. The van der Waals surface area contributed by atoms with Crippen LogP contribution in [0, 0.1) is 0 Å². The van der Waals surface area contributed by atoms with Gasteiger partial charge < -0.3 is 15.5 Å². The first kappa shape index (κ1) is 19.3. The lowest BCUT2D eigenvalue weighted by atomic mass is 10.3. The molecule has 1 fully saturated rings. The summed E-state index contributed by atoms with van der Waals surface area (Å²) < 4.78 is 1.13. The molecule has 1 aliphatic heterocycles. The number of hydrogen-bond donors (Lipinski definition) is 2. The molecule has 1 saturated heterocycles. The van der Waals surface area contributed by atoms with E-state index in [0.29, 0.717) is 11.1 Å². The number of aliphatic imine (C=N–C) groups is 1. The fraction of sp³-hybridized carbons (Fsp3) is 0.471. The second-order valence-corrected chi connectivity index (χ2v) is 8.53. The van der Waals surface area contributed by atoms with Crippen LogP contribution in [0.15, 0.2) is 39.2 Å². The molecule has 1 unspecified atom stereocenters. The zero-order chi connectivity index (χ0) is 18.2. The van der Waals surface area contributed by atoms with Gasteiger partial charge in [0.25, 0.3) is 0 Å². The van der Waals surface area contributed by atoms with E-state index < -0.39 is 0 Å². The van der Waals surface area contributed by atoms with Crippen molar-refractivity contribution in [1.29, 1.82) is 0 Å². The molecule has 9 heteroatoms. The van der Waals surface area contributed by atoms with Crippen LogP contribution < -0.4 is 15.5 Å². The number of thioether (sulfide) groups is 1. The summed E-state index contributed by atoms with van der Waals surface area (Å²) in [6, 6.07) is 4.08. The fourth-order valence-corrected chi connectivity index (χ4v) is 4.68. The third-order valence-electron chi connectivity index (χ3n) is 4.04. The van der Waals surface area contributed by atoms with Crippen molar-refractivity contribution in [1.82, 2.24) is 20.6 Å². The summed E-state index contributed by atoms with van der Waals surface area (Å²) in [4.78, 5) is 15.2. The minimum Gasteiger partial charge on any atom is -0.356 e. The Bertz CT molecular complexity index is 709. The summed E-state index contributed by atoms with van der Waals surface area (Å²) in [7, 11) is 1.81. The largest absolute Gasteiger partial charge is 0.356 e. The van der Waals surface area contributed by atoms with Crippen LogP contribution in [0.5, 0.6) is 0 Å². The van der Waals surface area contributed by atoms with Gasteiger partial charge in [0.1, 0.15) is 10.2 Å².